The lowest BCUT2D eigenvalue weighted by atomic mass is 9.88. The number of carbonyl (C=O) groups excluding carboxylic acids is 1. The zero-order chi connectivity index (χ0) is 28.4. The predicted molar refractivity (Wildman–Crippen MR) is 160 cm³/mol. The number of aromatic amines is 1. The SMILES string of the molecule is CN(Cc1ccc(CN(CC(=O)c2ccccc2)C2CCCCC2NCc2ncc[nH]2)cc1)Cc1ncccc1O. The summed E-state index contributed by atoms with van der Waals surface area (Å²) in [5.41, 5.74) is 3.81. The number of ketones is 1. The molecule has 1 aliphatic rings. The number of aromatic hydroxyl groups is 1. The average molecular weight is 553 g/mol. The Kier molecular flexibility index (Phi) is 9.91. The van der Waals surface area contributed by atoms with Crippen molar-refractivity contribution in [2.24, 2.45) is 0 Å². The summed E-state index contributed by atoms with van der Waals surface area (Å²) in [6.45, 7) is 3.09. The number of nitrogens with one attached hydrogen (secondary N) is 2. The summed E-state index contributed by atoms with van der Waals surface area (Å²) in [7, 11) is 2.03. The molecule has 5 rings (SSSR count). The van der Waals surface area contributed by atoms with Crippen LogP contribution in [0, 0.1) is 0 Å². The van der Waals surface area contributed by atoms with Crippen molar-refractivity contribution in [2.75, 3.05) is 13.6 Å². The number of pyridine rings is 1. The third-order valence-corrected chi connectivity index (χ3v) is 7.87. The topological polar surface area (TPSA) is 97.4 Å². The minimum Gasteiger partial charge on any atom is -0.506 e. The van der Waals surface area contributed by atoms with Gasteiger partial charge in [0.1, 0.15) is 11.6 Å². The van der Waals surface area contributed by atoms with Gasteiger partial charge in [-0.2, -0.15) is 0 Å². The van der Waals surface area contributed by atoms with E-state index in [0.717, 1.165) is 37.2 Å². The number of Topliss-reactive ketones (excluding diaryl/α,β-unsaturated/α-hetero) is 1. The quantitative estimate of drug-likeness (QED) is 0.202. The first kappa shape index (κ1) is 28.7. The molecule has 0 saturated heterocycles. The normalized spacial score (nSPS) is 17.2. The molecule has 2 heterocycles. The number of rotatable bonds is 13. The van der Waals surface area contributed by atoms with Crippen LogP contribution in [0.25, 0.3) is 0 Å². The van der Waals surface area contributed by atoms with E-state index in [1.807, 2.05) is 43.6 Å². The van der Waals surface area contributed by atoms with E-state index >= 15 is 0 Å². The van der Waals surface area contributed by atoms with Crippen LogP contribution in [-0.4, -0.2) is 61.3 Å². The minimum absolute atomic E-state index is 0.150. The highest BCUT2D eigenvalue weighted by atomic mass is 16.3. The van der Waals surface area contributed by atoms with Crippen molar-refractivity contribution in [3.8, 4) is 5.75 Å². The maximum atomic E-state index is 13.4. The van der Waals surface area contributed by atoms with E-state index in [-0.39, 0.29) is 23.6 Å². The average Bonchev–Trinajstić information content (AvgIpc) is 3.52. The lowest BCUT2D eigenvalue weighted by Gasteiger charge is -2.40. The van der Waals surface area contributed by atoms with E-state index < -0.39 is 0 Å². The number of nitrogens with zero attached hydrogens (tertiary/aromatic N) is 4. The number of carbonyl (C=O) groups is 1. The number of aromatic nitrogens is 3. The fourth-order valence-corrected chi connectivity index (χ4v) is 5.76. The first-order valence-corrected chi connectivity index (χ1v) is 14.5. The highest BCUT2D eigenvalue weighted by Gasteiger charge is 2.31. The van der Waals surface area contributed by atoms with Crippen LogP contribution in [0.5, 0.6) is 5.75 Å². The van der Waals surface area contributed by atoms with E-state index in [1.54, 1.807) is 24.5 Å². The molecule has 2 atom stereocenters. The molecule has 41 heavy (non-hydrogen) atoms. The van der Waals surface area contributed by atoms with Crippen LogP contribution in [0.1, 0.15) is 58.7 Å². The first-order chi connectivity index (χ1) is 20.0. The van der Waals surface area contributed by atoms with Crippen molar-refractivity contribution < 1.29 is 9.90 Å². The molecule has 0 bridgehead atoms. The van der Waals surface area contributed by atoms with E-state index in [2.05, 4.69) is 54.3 Å². The van der Waals surface area contributed by atoms with Gasteiger partial charge in [-0.25, -0.2) is 4.98 Å². The molecule has 1 fully saturated rings. The molecule has 1 saturated carbocycles. The van der Waals surface area contributed by atoms with E-state index in [1.165, 1.54) is 17.5 Å². The predicted octanol–water partition coefficient (Wildman–Crippen LogP) is 4.93. The summed E-state index contributed by atoms with van der Waals surface area (Å²) in [5, 5.41) is 13.8. The molecule has 214 valence electrons. The summed E-state index contributed by atoms with van der Waals surface area (Å²) in [4.78, 5) is 29.8. The molecule has 0 radical (unpaired) electrons. The fourth-order valence-electron chi connectivity index (χ4n) is 5.76. The maximum absolute atomic E-state index is 13.4. The molecule has 8 heteroatoms. The smallest absolute Gasteiger partial charge is 0.176 e. The van der Waals surface area contributed by atoms with Gasteiger partial charge in [-0.05, 0) is 43.1 Å². The van der Waals surface area contributed by atoms with Gasteiger partial charge < -0.3 is 15.4 Å². The zero-order valence-electron chi connectivity index (χ0n) is 23.7. The van der Waals surface area contributed by atoms with Crippen LogP contribution in [0.3, 0.4) is 0 Å². The van der Waals surface area contributed by atoms with Gasteiger partial charge in [0.2, 0.25) is 0 Å². The van der Waals surface area contributed by atoms with Crippen LogP contribution >= 0.6 is 0 Å². The second-order valence-electron chi connectivity index (χ2n) is 11.0. The molecule has 3 N–H and O–H groups in total. The Balaban J connectivity index is 1.28. The van der Waals surface area contributed by atoms with Crippen molar-refractivity contribution >= 4 is 5.78 Å². The molecule has 4 aromatic rings. The van der Waals surface area contributed by atoms with Crippen LogP contribution in [0.4, 0.5) is 0 Å². The number of imidazole rings is 1. The summed E-state index contributed by atoms with van der Waals surface area (Å²) >= 11 is 0. The van der Waals surface area contributed by atoms with Crippen LogP contribution in [0.2, 0.25) is 0 Å². The van der Waals surface area contributed by atoms with Crippen LogP contribution in [-0.2, 0) is 26.2 Å². The zero-order valence-corrected chi connectivity index (χ0v) is 23.7. The fraction of sp³-hybridized carbons (Fsp3) is 0.364. The van der Waals surface area contributed by atoms with Gasteiger partial charge in [0.25, 0.3) is 0 Å². The van der Waals surface area contributed by atoms with E-state index in [0.29, 0.717) is 31.9 Å². The first-order valence-electron chi connectivity index (χ1n) is 14.5. The number of hydrogen-bond acceptors (Lipinski definition) is 7. The molecule has 2 aromatic carbocycles. The molecular weight excluding hydrogens is 512 g/mol. The number of H-pyrrole nitrogens is 1. The van der Waals surface area contributed by atoms with Crippen molar-refractivity contribution in [1.82, 2.24) is 30.1 Å². The van der Waals surface area contributed by atoms with Crippen molar-refractivity contribution in [2.45, 2.75) is 63.9 Å². The monoisotopic (exact) mass is 552 g/mol. The van der Waals surface area contributed by atoms with Gasteiger partial charge >= 0.3 is 0 Å². The van der Waals surface area contributed by atoms with Crippen molar-refractivity contribution in [3.63, 3.8) is 0 Å². The van der Waals surface area contributed by atoms with Gasteiger partial charge in [-0.3, -0.25) is 19.6 Å². The lowest BCUT2D eigenvalue weighted by Crippen LogP contribution is -2.52. The Morgan fingerprint density at radius 1 is 0.927 bits per heavy atom. The van der Waals surface area contributed by atoms with Crippen molar-refractivity contribution in [1.29, 1.82) is 0 Å². The molecule has 8 nitrogen and oxygen atoms in total. The standard InChI is InChI=1S/C33H40N6O2/c1-38(23-29-31(40)12-7-17-34-29)21-25-13-15-26(16-14-25)22-39(24-32(41)27-8-3-2-4-9-27)30-11-6-5-10-28(30)37-20-33-35-18-19-36-33/h2-4,7-9,12-19,28,30,37,40H,5-6,10-11,20-24H2,1H3,(H,35,36). The van der Waals surface area contributed by atoms with Gasteiger partial charge in [0.15, 0.2) is 5.78 Å². The van der Waals surface area contributed by atoms with Crippen molar-refractivity contribution in [3.05, 3.63) is 114 Å². The second kappa shape index (κ2) is 14.2. The maximum Gasteiger partial charge on any atom is 0.176 e. The van der Waals surface area contributed by atoms with Gasteiger partial charge in [0.05, 0.1) is 18.8 Å². The number of hydrogen-bond donors (Lipinski definition) is 3. The third-order valence-electron chi connectivity index (χ3n) is 7.87. The van der Waals surface area contributed by atoms with Gasteiger partial charge in [-0.15, -0.1) is 0 Å². The van der Waals surface area contributed by atoms with E-state index in [4.69, 9.17) is 0 Å². The Labute approximate surface area is 242 Å². The van der Waals surface area contributed by atoms with Crippen LogP contribution < -0.4 is 5.32 Å². The van der Waals surface area contributed by atoms with E-state index in [9.17, 15) is 9.90 Å². The number of benzene rings is 2. The molecular formula is C33H40N6O2. The molecule has 2 aromatic heterocycles. The van der Waals surface area contributed by atoms with Gasteiger partial charge in [-0.1, -0.05) is 67.4 Å². The Hall–Kier alpha value is -3.85. The Morgan fingerprint density at radius 2 is 1.68 bits per heavy atom. The third kappa shape index (κ3) is 8.10. The summed E-state index contributed by atoms with van der Waals surface area (Å²) in [6.07, 6.45) is 9.82. The largest absolute Gasteiger partial charge is 0.506 e. The minimum atomic E-state index is 0.150. The Bertz CT molecular complexity index is 1360. The van der Waals surface area contributed by atoms with Crippen LogP contribution in [0.15, 0.2) is 85.3 Å². The molecule has 0 aliphatic heterocycles. The van der Waals surface area contributed by atoms with Gasteiger partial charge in [0, 0.05) is 55.9 Å². The summed E-state index contributed by atoms with van der Waals surface area (Å²) in [6, 6.07) is 22.2. The summed E-state index contributed by atoms with van der Waals surface area (Å²) in [5.74, 6) is 1.30. The lowest BCUT2D eigenvalue weighted by molar-refractivity contribution is 0.0781. The molecule has 1 aliphatic carbocycles. The highest BCUT2D eigenvalue weighted by molar-refractivity contribution is 5.97. The molecule has 0 spiro atoms. The Morgan fingerprint density at radius 3 is 2.41 bits per heavy atom. The highest BCUT2D eigenvalue weighted by Crippen LogP contribution is 2.26. The summed E-state index contributed by atoms with van der Waals surface area (Å²) < 4.78 is 0. The molecule has 0 amide bonds. The molecule has 2 unspecified atom stereocenters. The second-order valence-corrected chi connectivity index (χ2v) is 11.0.